The molecule has 8 rings (SSSR count). The van der Waals surface area contributed by atoms with Crippen molar-refractivity contribution >= 4 is 22.8 Å². The molecule has 3 N–H and O–H groups in total. The molecule has 11 nitrogen and oxygen atoms in total. The zero-order chi connectivity index (χ0) is 35.3. The Bertz CT molecular complexity index is 2290. The van der Waals surface area contributed by atoms with Crippen LogP contribution >= 0.6 is 0 Å². The number of benzene rings is 2. The number of aliphatic imine (C=N–C) groups is 1. The van der Waals surface area contributed by atoms with Crippen LogP contribution in [0.15, 0.2) is 111 Å². The number of hydrogen-bond donors (Lipinski definition) is 2. The molecule has 260 valence electrons. The van der Waals surface area contributed by atoms with Gasteiger partial charge in [0.15, 0.2) is 17.2 Å². The highest BCUT2D eigenvalue weighted by Crippen LogP contribution is 2.40. The van der Waals surface area contributed by atoms with Gasteiger partial charge in [-0.3, -0.25) is 19.1 Å². The number of aromatic nitrogens is 3. The molecule has 1 saturated heterocycles. The average Bonchev–Trinajstić information content (AvgIpc) is 3.54. The minimum Gasteiger partial charge on any atom is -0.364 e. The first kappa shape index (κ1) is 32.8. The number of allylic oxidation sites excluding steroid dienone is 2. The number of amides is 1. The van der Waals surface area contributed by atoms with Crippen LogP contribution in [-0.2, 0) is 11.3 Å². The topological polar surface area (TPSA) is 128 Å². The molecular formula is C38H37F2N8O3+. The first-order valence-electron chi connectivity index (χ1n) is 17.2. The van der Waals surface area contributed by atoms with Crippen molar-refractivity contribution in [2.75, 3.05) is 26.2 Å². The van der Waals surface area contributed by atoms with Crippen molar-refractivity contribution in [3.05, 3.63) is 129 Å². The van der Waals surface area contributed by atoms with Crippen LogP contribution < -0.4 is 22.3 Å². The van der Waals surface area contributed by atoms with Gasteiger partial charge < -0.3 is 11.1 Å². The zero-order valence-electron chi connectivity index (χ0n) is 27.8. The second-order valence-corrected chi connectivity index (χ2v) is 13.6. The van der Waals surface area contributed by atoms with Gasteiger partial charge in [-0.05, 0) is 53.8 Å². The second-order valence-electron chi connectivity index (χ2n) is 13.6. The number of fused-ring (bicyclic) bond motifs is 2. The lowest BCUT2D eigenvalue weighted by Crippen LogP contribution is -2.52. The van der Waals surface area contributed by atoms with Crippen molar-refractivity contribution in [2.24, 2.45) is 10.7 Å². The van der Waals surface area contributed by atoms with E-state index in [9.17, 15) is 23.2 Å². The number of nitrogens with two attached hydrogens (primary N) is 1. The number of carbonyl (C=O) groups excluding carboxylic acids is 1. The molecule has 0 radical (unpaired) electrons. The van der Waals surface area contributed by atoms with Crippen molar-refractivity contribution < 1.29 is 18.1 Å². The number of quaternary nitrogens is 1. The Labute approximate surface area is 291 Å². The number of carbonyl (C=O) groups is 1. The van der Waals surface area contributed by atoms with Gasteiger partial charge in [0.05, 0.1) is 17.3 Å². The van der Waals surface area contributed by atoms with Crippen LogP contribution in [-0.4, -0.2) is 67.5 Å². The van der Waals surface area contributed by atoms with Crippen LogP contribution in [0.4, 0.5) is 8.78 Å². The lowest BCUT2D eigenvalue weighted by Gasteiger charge is -2.40. The molecule has 5 heterocycles. The molecule has 0 spiro atoms. The maximum Gasteiger partial charge on any atom is 0.337 e. The van der Waals surface area contributed by atoms with E-state index in [1.54, 1.807) is 12.3 Å². The Morgan fingerprint density at radius 3 is 2.45 bits per heavy atom. The van der Waals surface area contributed by atoms with Crippen LogP contribution in [0.2, 0.25) is 0 Å². The van der Waals surface area contributed by atoms with Crippen molar-refractivity contribution in [2.45, 2.75) is 44.3 Å². The molecule has 1 atom stereocenters. The highest BCUT2D eigenvalue weighted by Gasteiger charge is 2.47. The summed E-state index contributed by atoms with van der Waals surface area (Å²) in [5.41, 5.74) is 8.02. The molecule has 4 aliphatic rings. The number of hydrogen-bond acceptors (Lipinski definition) is 7. The number of amidine groups is 1. The van der Waals surface area contributed by atoms with E-state index in [0.717, 1.165) is 56.1 Å². The molecule has 1 aliphatic carbocycles. The van der Waals surface area contributed by atoms with E-state index in [1.807, 2.05) is 18.2 Å². The number of primary amides is 1. The largest absolute Gasteiger partial charge is 0.364 e. The molecule has 13 heteroatoms. The highest BCUT2D eigenvalue weighted by molar-refractivity contribution is 6.00. The van der Waals surface area contributed by atoms with E-state index in [2.05, 4.69) is 44.5 Å². The quantitative estimate of drug-likeness (QED) is 0.280. The molecule has 1 saturated carbocycles. The Kier molecular flexibility index (Phi) is 8.41. The lowest BCUT2D eigenvalue weighted by molar-refractivity contribution is -0.763. The van der Waals surface area contributed by atoms with Crippen LogP contribution in [0.25, 0.3) is 27.8 Å². The highest BCUT2D eigenvalue weighted by atomic mass is 19.1. The van der Waals surface area contributed by atoms with E-state index < -0.39 is 34.8 Å². The summed E-state index contributed by atoms with van der Waals surface area (Å²) in [5, 5.41) is 3.37. The van der Waals surface area contributed by atoms with Gasteiger partial charge in [0.2, 0.25) is 5.84 Å². The van der Waals surface area contributed by atoms with Gasteiger partial charge in [0.25, 0.3) is 11.5 Å². The molecule has 4 aromatic rings. The maximum absolute atomic E-state index is 14.7. The number of piperazine rings is 1. The number of halogens is 2. The van der Waals surface area contributed by atoms with E-state index in [-0.39, 0.29) is 27.3 Å². The van der Waals surface area contributed by atoms with Gasteiger partial charge >= 0.3 is 5.69 Å². The van der Waals surface area contributed by atoms with Crippen LogP contribution in [0.1, 0.15) is 37.3 Å². The number of nitrogens with zero attached hydrogens (tertiary/aromatic N) is 6. The van der Waals surface area contributed by atoms with Gasteiger partial charge in [-0.2, -0.15) is 4.99 Å². The molecule has 2 aromatic carbocycles. The van der Waals surface area contributed by atoms with Gasteiger partial charge in [0, 0.05) is 57.7 Å². The summed E-state index contributed by atoms with van der Waals surface area (Å²) in [6.07, 6.45) is 8.59. The first-order valence-corrected chi connectivity index (χ1v) is 17.2. The monoisotopic (exact) mass is 691 g/mol. The molecule has 0 bridgehead atoms. The van der Waals surface area contributed by atoms with Crippen LogP contribution in [0, 0.1) is 5.82 Å². The summed E-state index contributed by atoms with van der Waals surface area (Å²) in [6.45, 7) is 4.86. The molecule has 1 amide bonds. The molecule has 2 aromatic heterocycles. The Morgan fingerprint density at radius 1 is 0.941 bits per heavy atom. The summed E-state index contributed by atoms with van der Waals surface area (Å²) in [7, 11) is 0. The predicted octanol–water partition coefficient (Wildman–Crippen LogP) is 4.18. The summed E-state index contributed by atoms with van der Waals surface area (Å²) >= 11 is 0. The fourth-order valence-electron chi connectivity index (χ4n) is 7.93. The summed E-state index contributed by atoms with van der Waals surface area (Å²) in [5.74, 6) is -1.37. The molecule has 51 heavy (non-hydrogen) atoms. The zero-order valence-corrected chi connectivity index (χ0v) is 27.8. The molecule has 2 fully saturated rings. The fraction of sp³-hybridized carbons (Fsp3) is 0.289. The smallest absolute Gasteiger partial charge is 0.337 e. The van der Waals surface area contributed by atoms with E-state index in [4.69, 9.17) is 5.73 Å². The summed E-state index contributed by atoms with van der Waals surface area (Å²) in [6, 6.07) is 16.2. The van der Waals surface area contributed by atoms with Gasteiger partial charge in [-0.25, -0.2) is 27.6 Å². The van der Waals surface area contributed by atoms with Crippen molar-refractivity contribution in [1.82, 2.24) is 24.3 Å². The Balaban J connectivity index is 1.12. The second kappa shape index (κ2) is 13.1. The minimum absolute atomic E-state index is 0.00423. The molecule has 1 unspecified atom stereocenters. The Morgan fingerprint density at radius 2 is 1.71 bits per heavy atom. The fourth-order valence-corrected chi connectivity index (χ4v) is 7.93. The van der Waals surface area contributed by atoms with Crippen molar-refractivity contribution in [1.29, 1.82) is 0 Å². The van der Waals surface area contributed by atoms with Crippen molar-refractivity contribution in [3.63, 3.8) is 0 Å². The van der Waals surface area contributed by atoms with Gasteiger partial charge in [0.1, 0.15) is 24.3 Å². The standard InChI is InChI=1S/C38H36F2N8O3/c39-27-8-13-34-44-33(35(41)49)23-48(34,22-27)31-11-9-29(10-12-31)47-37(50)32-19-28(40)20-43-36(32)46(38(47)51)30-3-1-2-26(18-30)25-6-4-24(5-7-25)21-45-16-14-42-15-17-45/h1-8,13,18-20,22-23,29,31,42H,9-12,14-17,21H2,(H-,41,49)/p+1/t29-,31-,48?. The molecule has 3 aliphatic heterocycles. The van der Waals surface area contributed by atoms with E-state index >= 15 is 0 Å². The third-order valence-corrected chi connectivity index (χ3v) is 10.5. The van der Waals surface area contributed by atoms with Crippen LogP contribution in [0.5, 0.6) is 0 Å². The lowest BCUT2D eigenvalue weighted by atomic mass is 9.88. The average molecular weight is 692 g/mol. The van der Waals surface area contributed by atoms with Gasteiger partial charge in [-0.1, -0.05) is 36.4 Å². The number of nitrogens with one attached hydrogen (secondary N) is 1. The SMILES string of the molecule is NC(=O)C1=C[N+]2([C@H]3CC[C@H](n4c(=O)c5cc(F)cnc5n(-c5cccc(-c6ccc(CN7CCNCC7)cc6)c5)c4=O)CC3)C=C(F)C=CC2=N1. The van der Waals surface area contributed by atoms with E-state index in [0.29, 0.717) is 37.2 Å². The summed E-state index contributed by atoms with van der Waals surface area (Å²) < 4.78 is 31.8. The number of rotatable bonds is 7. The third kappa shape index (κ3) is 5.96. The van der Waals surface area contributed by atoms with Gasteiger partial charge in [-0.15, -0.1) is 0 Å². The predicted molar refractivity (Wildman–Crippen MR) is 190 cm³/mol. The van der Waals surface area contributed by atoms with E-state index in [1.165, 1.54) is 33.0 Å². The third-order valence-electron chi connectivity index (χ3n) is 10.5. The minimum atomic E-state index is -0.707. The van der Waals surface area contributed by atoms with Crippen LogP contribution in [0.3, 0.4) is 0 Å². The Hall–Kier alpha value is -5.37. The first-order chi connectivity index (χ1) is 24.7. The molecular weight excluding hydrogens is 654 g/mol. The van der Waals surface area contributed by atoms with Crippen molar-refractivity contribution in [3.8, 4) is 16.8 Å². The maximum atomic E-state index is 14.7. The summed E-state index contributed by atoms with van der Waals surface area (Å²) in [4.78, 5) is 51.4. The normalized spacial score (nSPS) is 23.5. The number of pyridine rings is 1.